The Bertz CT molecular complexity index is 889. The Morgan fingerprint density at radius 3 is 2.72 bits per heavy atom. The lowest BCUT2D eigenvalue weighted by molar-refractivity contribution is -0.154. The first-order valence-electron chi connectivity index (χ1n) is 7.19. The summed E-state index contributed by atoms with van der Waals surface area (Å²) in [5, 5.41) is 3.99. The number of aromatic nitrogens is 3. The van der Waals surface area contributed by atoms with Crippen LogP contribution in [-0.4, -0.2) is 27.7 Å². The van der Waals surface area contributed by atoms with Gasteiger partial charge in [-0.3, -0.25) is 0 Å². The molecule has 130 valence electrons. The molecule has 0 aliphatic heterocycles. The minimum Gasteiger partial charge on any atom is -0.468 e. The van der Waals surface area contributed by atoms with Gasteiger partial charge in [0.05, 0.1) is 5.52 Å². The van der Waals surface area contributed by atoms with Crippen LogP contribution >= 0.6 is 15.9 Å². The number of halogens is 4. The van der Waals surface area contributed by atoms with E-state index >= 15 is 0 Å². The molecule has 0 bridgehead atoms. The topological polar surface area (TPSA) is 59.9 Å². The maximum atomic E-state index is 12.2. The molecule has 2 heterocycles. The highest BCUT2D eigenvalue weighted by atomic mass is 79.9. The Kier molecular flexibility index (Phi) is 5.03. The van der Waals surface area contributed by atoms with E-state index in [4.69, 9.17) is 0 Å². The fraction of sp³-hybridized carbons (Fsp3) is 0.188. The molecule has 2 aromatic heterocycles. The fourth-order valence-electron chi connectivity index (χ4n) is 2.15. The summed E-state index contributed by atoms with van der Waals surface area (Å²) < 4.78 is 42.2. The van der Waals surface area contributed by atoms with Crippen molar-refractivity contribution in [3.05, 3.63) is 52.9 Å². The molecule has 9 heteroatoms. The van der Waals surface area contributed by atoms with Crippen molar-refractivity contribution in [3.8, 4) is 5.88 Å². The number of nitrogens with one attached hydrogen (secondary N) is 1. The number of alkyl halides is 3. The third kappa shape index (κ3) is 4.79. The van der Waals surface area contributed by atoms with Crippen LogP contribution in [0.2, 0.25) is 0 Å². The van der Waals surface area contributed by atoms with Crippen LogP contribution < -0.4 is 10.1 Å². The molecule has 3 rings (SSSR count). The standard InChI is InChI=1S/C16H12BrF3N4O/c17-11-1-2-13-12(6-11)15(24-9-23-13)22-7-10-3-4-21-14(5-10)25-8-16(18,19)20/h1-6,9H,7-8H2,(H,22,23,24). The molecular weight excluding hydrogens is 401 g/mol. The molecule has 0 amide bonds. The van der Waals surface area contributed by atoms with Gasteiger partial charge < -0.3 is 10.1 Å². The predicted octanol–water partition coefficient (Wildman–Crippen LogP) is 4.34. The van der Waals surface area contributed by atoms with Gasteiger partial charge in [-0.2, -0.15) is 13.2 Å². The summed E-state index contributed by atoms with van der Waals surface area (Å²) in [6.45, 7) is -1.02. The Hall–Kier alpha value is -2.42. The van der Waals surface area contributed by atoms with Crippen LogP contribution in [0.5, 0.6) is 5.88 Å². The van der Waals surface area contributed by atoms with Crippen molar-refractivity contribution >= 4 is 32.7 Å². The highest BCUT2D eigenvalue weighted by Crippen LogP contribution is 2.24. The van der Waals surface area contributed by atoms with Gasteiger partial charge in [0.2, 0.25) is 5.88 Å². The van der Waals surface area contributed by atoms with Gasteiger partial charge in [0.25, 0.3) is 0 Å². The number of hydrogen-bond donors (Lipinski definition) is 1. The first-order chi connectivity index (χ1) is 11.9. The zero-order valence-corrected chi connectivity index (χ0v) is 14.3. The quantitative estimate of drug-likeness (QED) is 0.675. The van der Waals surface area contributed by atoms with Crippen molar-refractivity contribution in [1.29, 1.82) is 0 Å². The van der Waals surface area contributed by atoms with Crippen molar-refractivity contribution < 1.29 is 17.9 Å². The van der Waals surface area contributed by atoms with E-state index in [0.717, 1.165) is 15.4 Å². The summed E-state index contributed by atoms with van der Waals surface area (Å²) in [5.41, 5.74) is 1.50. The summed E-state index contributed by atoms with van der Waals surface area (Å²) in [4.78, 5) is 12.2. The number of pyridine rings is 1. The normalized spacial score (nSPS) is 11.5. The number of nitrogens with zero attached hydrogens (tertiary/aromatic N) is 3. The summed E-state index contributed by atoms with van der Waals surface area (Å²) >= 11 is 3.41. The molecule has 0 fully saturated rings. The number of benzene rings is 1. The van der Waals surface area contributed by atoms with E-state index in [-0.39, 0.29) is 5.88 Å². The van der Waals surface area contributed by atoms with E-state index in [9.17, 15) is 13.2 Å². The third-order valence-electron chi connectivity index (χ3n) is 3.24. The van der Waals surface area contributed by atoms with Crippen molar-refractivity contribution in [1.82, 2.24) is 15.0 Å². The van der Waals surface area contributed by atoms with Gasteiger partial charge in [-0.25, -0.2) is 15.0 Å². The molecule has 0 spiro atoms. The van der Waals surface area contributed by atoms with Crippen LogP contribution in [0.25, 0.3) is 10.9 Å². The average molecular weight is 413 g/mol. The fourth-order valence-corrected chi connectivity index (χ4v) is 2.51. The molecule has 3 aromatic rings. The van der Waals surface area contributed by atoms with Gasteiger partial charge in [-0.1, -0.05) is 15.9 Å². The molecule has 0 saturated heterocycles. The van der Waals surface area contributed by atoms with Crippen molar-refractivity contribution in [2.75, 3.05) is 11.9 Å². The summed E-state index contributed by atoms with van der Waals surface area (Å²) in [6, 6.07) is 8.78. The first-order valence-corrected chi connectivity index (χ1v) is 7.99. The molecule has 0 atom stereocenters. The lowest BCUT2D eigenvalue weighted by atomic mass is 10.2. The van der Waals surface area contributed by atoms with Crippen molar-refractivity contribution in [2.45, 2.75) is 12.7 Å². The summed E-state index contributed by atoms with van der Waals surface area (Å²) in [5.74, 6) is 0.549. The number of anilines is 1. The van der Waals surface area contributed by atoms with Crippen molar-refractivity contribution in [3.63, 3.8) is 0 Å². The molecule has 0 saturated carbocycles. The van der Waals surface area contributed by atoms with Crippen LogP contribution in [0.4, 0.5) is 19.0 Å². The largest absolute Gasteiger partial charge is 0.468 e. The van der Waals surface area contributed by atoms with E-state index in [2.05, 4.69) is 40.9 Å². The molecule has 0 aliphatic rings. The van der Waals surface area contributed by atoms with Crippen LogP contribution in [0.15, 0.2) is 47.3 Å². The van der Waals surface area contributed by atoms with E-state index < -0.39 is 12.8 Å². The highest BCUT2D eigenvalue weighted by Gasteiger charge is 2.28. The van der Waals surface area contributed by atoms with Gasteiger partial charge in [-0.15, -0.1) is 0 Å². The van der Waals surface area contributed by atoms with Gasteiger partial charge in [0.1, 0.15) is 12.1 Å². The summed E-state index contributed by atoms with van der Waals surface area (Å²) in [7, 11) is 0. The van der Waals surface area contributed by atoms with Gasteiger partial charge in [-0.05, 0) is 29.8 Å². The Labute approximate surface area is 149 Å². The Balaban J connectivity index is 1.73. The van der Waals surface area contributed by atoms with Gasteiger partial charge >= 0.3 is 6.18 Å². The van der Waals surface area contributed by atoms with E-state index in [1.165, 1.54) is 18.6 Å². The molecule has 0 unspecified atom stereocenters. The molecule has 5 nitrogen and oxygen atoms in total. The molecule has 0 aliphatic carbocycles. The molecule has 1 aromatic carbocycles. The van der Waals surface area contributed by atoms with E-state index in [1.807, 2.05) is 18.2 Å². The molecule has 25 heavy (non-hydrogen) atoms. The molecule has 0 radical (unpaired) electrons. The number of hydrogen-bond acceptors (Lipinski definition) is 5. The first kappa shape index (κ1) is 17.4. The summed E-state index contributed by atoms with van der Waals surface area (Å²) in [6.07, 6.45) is -1.55. The number of ether oxygens (including phenoxy) is 1. The lowest BCUT2D eigenvalue weighted by Crippen LogP contribution is -2.19. The number of fused-ring (bicyclic) bond motifs is 1. The second-order valence-electron chi connectivity index (χ2n) is 5.14. The predicted molar refractivity (Wildman–Crippen MR) is 90.4 cm³/mol. The second-order valence-corrected chi connectivity index (χ2v) is 6.06. The maximum absolute atomic E-state index is 12.2. The average Bonchev–Trinajstić information content (AvgIpc) is 2.58. The monoisotopic (exact) mass is 412 g/mol. The Morgan fingerprint density at radius 2 is 1.92 bits per heavy atom. The third-order valence-corrected chi connectivity index (χ3v) is 3.73. The minimum atomic E-state index is -4.40. The van der Waals surface area contributed by atoms with Crippen LogP contribution in [0, 0.1) is 0 Å². The minimum absolute atomic E-state index is 0.0769. The highest BCUT2D eigenvalue weighted by molar-refractivity contribution is 9.10. The smallest absolute Gasteiger partial charge is 0.422 e. The Morgan fingerprint density at radius 1 is 1.08 bits per heavy atom. The zero-order chi connectivity index (χ0) is 17.9. The zero-order valence-electron chi connectivity index (χ0n) is 12.7. The SMILES string of the molecule is FC(F)(F)COc1cc(CNc2ncnc3ccc(Br)cc23)ccn1. The van der Waals surface area contributed by atoms with Crippen molar-refractivity contribution in [2.24, 2.45) is 0 Å². The maximum Gasteiger partial charge on any atom is 0.422 e. The number of rotatable bonds is 5. The van der Waals surface area contributed by atoms with E-state index in [1.54, 1.807) is 6.07 Å². The van der Waals surface area contributed by atoms with Gasteiger partial charge in [0.15, 0.2) is 6.61 Å². The molecular formula is C16H12BrF3N4O. The lowest BCUT2D eigenvalue weighted by Gasteiger charge is -2.11. The van der Waals surface area contributed by atoms with Crippen LogP contribution in [0.1, 0.15) is 5.56 Å². The second kappa shape index (κ2) is 7.22. The molecule has 1 N–H and O–H groups in total. The van der Waals surface area contributed by atoms with Gasteiger partial charge in [0, 0.05) is 28.7 Å². The van der Waals surface area contributed by atoms with Crippen LogP contribution in [0.3, 0.4) is 0 Å². The van der Waals surface area contributed by atoms with E-state index in [0.29, 0.717) is 17.9 Å². The van der Waals surface area contributed by atoms with Crippen LogP contribution in [-0.2, 0) is 6.54 Å².